The molecular formula is C16H27Cl2N3O2. The number of nitrogens with one attached hydrogen (secondary N) is 1. The standard InChI is InChI=1S/C16H25N3O2.2ClH/c1-19(2)14(13-6-4-3-5-7-13)12-18-15(20)16(17)8-10-21-11-9-16;;/h3-7,14H,8-12,17H2,1-2H3,(H,18,20);2*1H. The highest BCUT2D eigenvalue weighted by Gasteiger charge is 2.36. The molecule has 0 saturated carbocycles. The zero-order valence-corrected chi connectivity index (χ0v) is 15.3. The number of halogens is 2. The maximum atomic E-state index is 12.4. The summed E-state index contributed by atoms with van der Waals surface area (Å²) in [6.45, 7) is 1.66. The summed E-state index contributed by atoms with van der Waals surface area (Å²) in [5.41, 5.74) is 6.59. The number of hydrogen-bond acceptors (Lipinski definition) is 4. The Bertz CT molecular complexity index is 466. The lowest BCUT2D eigenvalue weighted by atomic mass is 9.90. The zero-order chi connectivity index (χ0) is 15.3. The van der Waals surface area contributed by atoms with Gasteiger partial charge in [-0.3, -0.25) is 4.79 Å². The highest BCUT2D eigenvalue weighted by Crippen LogP contribution is 2.20. The number of likely N-dealkylation sites (N-methyl/N-ethyl adjacent to an activating group) is 1. The summed E-state index contributed by atoms with van der Waals surface area (Å²) in [5.74, 6) is -0.0754. The Morgan fingerprint density at radius 2 is 1.83 bits per heavy atom. The van der Waals surface area contributed by atoms with Gasteiger partial charge in [-0.2, -0.15) is 0 Å². The molecule has 1 fully saturated rings. The molecule has 3 N–H and O–H groups in total. The smallest absolute Gasteiger partial charge is 0.240 e. The van der Waals surface area contributed by atoms with Crippen molar-refractivity contribution in [3.63, 3.8) is 0 Å². The molecule has 5 nitrogen and oxygen atoms in total. The van der Waals surface area contributed by atoms with Gasteiger partial charge in [-0.05, 0) is 32.5 Å². The first-order valence-corrected chi connectivity index (χ1v) is 7.39. The van der Waals surface area contributed by atoms with E-state index in [1.807, 2.05) is 32.3 Å². The van der Waals surface area contributed by atoms with Gasteiger partial charge in [0.2, 0.25) is 5.91 Å². The van der Waals surface area contributed by atoms with E-state index in [9.17, 15) is 4.79 Å². The van der Waals surface area contributed by atoms with Gasteiger partial charge in [-0.25, -0.2) is 0 Å². The number of hydrogen-bond donors (Lipinski definition) is 2. The van der Waals surface area contributed by atoms with E-state index in [-0.39, 0.29) is 36.8 Å². The van der Waals surface area contributed by atoms with Crippen LogP contribution in [0.15, 0.2) is 30.3 Å². The average molecular weight is 364 g/mol. The van der Waals surface area contributed by atoms with Crippen LogP contribution in [-0.2, 0) is 9.53 Å². The Balaban J connectivity index is 0.00000242. The van der Waals surface area contributed by atoms with Crippen LogP contribution in [0.4, 0.5) is 0 Å². The molecule has 1 aliphatic rings. The van der Waals surface area contributed by atoms with Crippen LogP contribution in [0.3, 0.4) is 0 Å². The van der Waals surface area contributed by atoms with Crippen LogP contribution < -0.4 is 11.1 Å². The summed E-state index contributed by atoms with van der Waals surface area (Å²) in [7, 11) is 4.02. The van der Waals surface area contributed by atoms with E-state index in [1.54, 1.807) is 0 Å². The zero-order valence-electron chi connectivity index (χ0n) is 13.7. The van der Waals surface area contributed by atoms with E-state index in [0.29, 0.717) is 32.6 Å². The molecule has 1 aromatic carbocycles. The second kappa shape index (κ2) is 10.1. The third-order valence-electron chi connectivity index (χ3n) is 4.10. The molecule has 132 valence electrons. The van der Waals surface area contributed by atoms with Gasteiger partial charge in [0.25, 0.3) is 0 Å². The van der Waals surface area contributed by atoms with Gasteiger partial charge in [-0.15, -0.1) is 24.8 Å². The van der Waals surface area contributed by atoms with Gasteiger partial charge >= 0.3 is 0 Å². The van der Waals surface area contributed by atoms with Crippen molar-refractivity contribution in [1.82, 2.24) is 10.2 Å². The largest absolute Gasteiger partial charge is 0.381 e. The number of amides is 1. The SMILES string of the molecule is CN(C)C(CNC(=O)C1(N)CCOCC1)c1ccccc1.Cl.Cl. The number of rotatable bonds is 5. The minimum absolute atomic E-state index is 0. The molecule has 7 heteroatoms. The van der Waals surface area contributed by atoms with Crippen LogP contribution in [0.2, 0.25) is 0 Å². The predicted molar refractivity (Wildman–Crippen MR) is 97.3 cm³/mol. The number of carbonyl (C=O) groups is 1. The van der Waals surface area contributed by atoms with Crippen LogP contribution in [0.25, 0.3) is 0 Å². The third-order valence-corrected chi connectivity index (χ3v) is 4.10. The van der Waals surface area contributed by atoms with Crippen molar-refractivity contribution in [3.8, 4) is 0 Å². The molecule has 0 spiro atoms. The first-order chi connectivity index (χ1) is 10.0. The Kier molecular flexibility index (Phi) is 9.73. The van der Waals surface area contributed by atoms with Gasteiger partial charge < -0.3 is 20.7 Å². The molecule has 23 heavy (non-hydrogen) atoms. The Hall–Kier alpha value is -0.850. The van der Waals surface area contributed by atoms with Gasteiger partial charge in [-0.1, -0.05) is 30.3 Å². The van der Waals surface area contributed by atoms with Gasteiger partial charge in [0.05, 0.1) is 11.6 Å². The number of nitrogens with two attached hydrogens (primary N) is 1. The quantitative estimate of drug-likeness (QED) is 0.836. The van der Waals surface area contributed by atoms with E-state index in [1.165, 1.54) is 5.56 Å². The normalized spacial score (nSPS) is 17.6. The Labute approximate surface area is 150 Å². The summed E-state index contributed by atoms with van der Waals surface area (Å²) in [6, 6.07) is 10.3. The predicted octanol–water partition coefficient (Wildman–Crippen LogP) is 1.76. The minimum atomic E-state index is -0.786. The van der Waals surface area contributed by atoms with Crippen molar-refractivity contribution in [2.75, 3.05) is 33.9 Å². The van der Waals surface area contributed by atoms with Gasteiger partial charge in [0.1, 0.15) is 0 Å². The second-order valence-corrected chi connectivity index (χ2v) is 5.87. The molecule has 0 aliphatic carbocycles. The van der Waals surface area contributed by atoms with E-state index in [0.717, 1.165) is 0 Å². The van der Waals surface area contributed by atoms with Crippen molar-refractivity contribution in [3.05, 3.63) is 35.9 Å². The minimum Gasteiger partial charge on any atom is -0.381 e. The van der Waals surface area contributed by atoms with Crippen LogP contribution >= 0.6 is 24.8 Å². The monoisotopic (exact) mass is 363 g/mol. The molecule has 2 rings (SSSR count). The summed E-state index contributed by atoms with van der Waals surface area (Å²) in [5, 5.41) is 3.01. The Morgan fingerprint density at radius 3 is 2.35 bits per heavy atom. The number of benzene rings is 1. The number of carbonyl (C=O) groups excluding carboxylic acids is 1. The van der Waals surface area contributed by atoms with Crippen molar-refractivity contribution in [2.45, 2.75) is 24.4 Å². The van der Waals surface area contributed by atoms with Crippen molar-refractivity contribution >= 4 is 30.7 Å². The molecule has 0 aromatic heterocycles. The first-order valence-electron chi connectivity index (χ1n) is 7.39. The fraction of sp³-hybridized carbons (Fsp3) is 0.562. The van der Waals surface area contributed by atoms with Crippen molar-refractivity contribution in [1.29, 1.82) is 0 Å². The molecule has 1 aromatic rings. The Morgan fingerprint density at radius 1 is 1.26 bits per heavy atom. The summed E-state index contributed by atoms with van der Waals surface area (Å²) < 4.78 is 5.28. The maximum Gasteiger partial charge on any atom is 0.240 e. The maximum absolute atomic E-state index is 12.4. The van der Waals surface area contributed by atoms with E-state index in [4.69, 9.17) is 10.5 Å². The molecule has 1 amide bonds. The highest BCUT2D eigenvalue weighted by molar-refractivity contribution is 5.86. The third kappa shape index (κ3) is 5.94. The highest BCUT2D eigenvalue weighted by atomic mass is 35.5. The van der Waals surface area contributed by atoms with Crippen molar-refractivity contribution in [2.24, 2.45) is 5.73 Å². The second-order valence-electron chi connectivity index (χ2n) is 5.87. The van der Waals surface area contributed by atoms with Gasteiger partial charge in [0.15, 0.2) is 0 Å². The topological polar surface area (TPSA) is 67.6 Å². The lowest BCUT2D eigenvalue weighted by molar-refractivity contribution is -0.130. The number of ether oxygens (including phenoxy) is 1. The molecule has 0 bridgehead atoms. The summed E-state index contributed by atoms with van der Waals surface area (Å²) >= 11 is 0. The van der Waals surface area contributed by atoms with Gasteiger partial charge in [0, 0.05) is 19.8 Å². The molecular weight excluding hydrogens is 337 g/mol. The van der Waals surface area contributed by atoms with E-state index < -0.39 is 5.54 Å². The molecule has 0 radical (unpaired) electrons. The first kappa shape index (κ1) is 22.1. The average Bonchev–Trinajstić information content (AvgIpc) is 2.48. The lowest BCUT2D eigenvalue weighted by Crippen LogP contribution is -2.57. The molecule has 1 saturated heterocycles. The number of nitrogens with zero attached hydrogens (tertiary/aromatic N) is 1. The van der Waals surface area contributed by atoms with Crippen molar-refractivity contribution < 1.29 is 9.53 Å². The molecule has 1 atom stereocenters. The fourth-order valence-electron chi connectivity index (χ4n) is 2.60. The van der Waals surface area contributed by atoms with Crippen LogP contribution in [0.1, 0.15) is 24.4 Å². The lowest BCUT2D eigenvalue weighted by Gasteiger charge is -2.33. The molecule has 1 unspecified atom stereocenters. The van der Waals surface area contributed by atoms with Crippen LogP contribution in [0.5, 0.6) is 0 Å². The molecule has 1 heterocycles. The van der Waals surface area contributed by atoms with E-state index >= 15 is 0 Å². The fourth-order valence-corrected chi connectivity index (χ4v) is 2.60. The summed E-state index contributed by atoms with van der Waals surface area (Å²) in [4.78, 5) is 14.5. The van der Waals surface area contributed by atoms with Crippen LogP contribution in [-0.4, -0.2) is 50.2 Å². The van der Waals surface area contributed by atoms with E-state index in [2.05, 4.69) is 22.3 Å². The molecule has 1 aliphatic heterocycles. The van der Waals surface area contributed by atoms with Crippen LogP contribution in [0, 0.1) is 0 Å². The summed E-state index contributed by atoms with van der Waals surface area (Å²) in [6.07, 6.45) is 1.16.